The smallest absolute Gasteiger partial charge is 0.194 e. The predicted molar refractivity (Wildman–Crippen MR) is 122 cm³/mol. The molecule has 0 aliphatic carbocycles. The fourth-order valence-corrected chi connectivity index (χ4v) is 5.33. The number of phenolic OH excluding ortho intramolecular Hbond substituents is 1. The van der Waals surface area contributed by atoms with Crippen molar-refractivity contribution in [2.45, 2.75) is 13.8 Å². The van der Waals surface area contributed by atoms with Crippen molar-refractivity contribution in [3.63, 3.8) is 0 Å². The van der Waals surface area contributed by atoms with Gasteiger partial charge in [-0.25, -0.2) is 0 Å². The van der Waals surface area contributed by atoms with E-state index in [1.54, 1.807) is 11.3 Å². The van der Waals surface area contributed by atoms with Gasteiger partial charge in [-0.15, -0.1) is 11.3 Å². The Morgan fingerprint density at radius 2 is 1.32 bits per heavy atom. The summed E-state index contributed by atoms with van der Waals surface area (Å²) in [6.07, 6.45) is 0. The first-order valence-corrected chi connectivity index (χ1v) is 10.3. The maximum absolute atomic E-state index is 13.1. The van der Waals surface area contributed by atoms with Gasteiger partial charge >= 0.3 is 0 Å². The Balaban J connectivity index is 0.000000829. The molecule has 28 heavy (non-hydrogen) atoms. The zero-order chi connectivity index (χ0) is 19.4. The second-order valence-electron chi connectivity index (χ2n) is 6.66. The summed E-state index contributed by atoms with van der Waals surface area (Å²) in [7, 11) is 0. The monoisotopic (exact) mass is 382 g/mol. The van der Waals surface area contributed by atoms with Crippen molar-refractivity contribution in [1.82, 2.24) is 0 Å². The van der Waals surface area contributed by atoms with Crippen LogP contribution in [0.1, 0.15) is 13.8 Å². The van der Waals surface area contributed by atoms with E-state index >= 15 is 0 Å². The minimum Gasteiger partial charge on any atom is -0.506 e. The summed E-state index contributed by atoms with van der Waals surface area (Å²) in [5.41, 5.74) is 0.0557. The molecule has 3 heteroatoms. The summed E-state index contributed by atoms with van der Waals surface area (Å²) in [6.45, 7) is 4.00. The molecule has 136 valence electrons. The lowest BCUT2D eigenvalue weighted by atomic mass is 9.92. The summed E-state index contributed by atoms with van der Waals surface area (Å²) in [4.78, 5) is 13.1. The average Bonchev–Trinajstić information content (AvgIpc) is 2.76. The van der Waals surface area contributed by atoms with Gasteiger partial charge < -0.3 is 5.11 Å². The molecule has 1 heterocycles. The van der Waals surface area contributed by atoms with E-state index in [-0.39, 0.29) is 11.2 Å². The fraction of sp³-hybridized carbons (Fsp3) is 0.0800. The molecule has 0 atom stereocenters. The zero-order valence-electron chi connectivity index (χ0n) is 15.6. The van der Waals surface area contributed by atoms with Gasteiger partial charge in [-0.1, -0.05) is 62.4 Å². The summed E-state index contributed by atoms with van der Waals surface area (Å²) in [5.74, 6) is 0.273. The first-order chi connectivity index (χ1) is 13.7. The van der Waals surface area contributed by atoms with E-state index in [1.165, 1.54) is 0 Å². The molecule has 0 spiro atoms. The average molecular weight is 382 g/mol. The Bertz CT molecular complexity index is 1560. The molecule has 0 saturated heterocycles. The van der Waals surface area contributed by atoms with Gasteiger partial charge in [0.2, 0.25) is 0 Å². The van der Waals surface area contributed by atoms with Gasteiger partial charge in [-0.3, -0.25) is 4.79 Å². The Hall–Kier alpha value is -3.17. The van der Waals surface area contributed by atoms with E-state index in [4.69, 9.17) is 0 Å². The molecule has 0 unspecified atom stereocenters. The van der Waals surface area contributed by atoms with Crippen LogP contribution in [0, 0.1) is 0 Å². The highest BCUT2D eigenvalue weighted by Crippen LogP contribution is 2.45. The van der Waals surface area contributed by atoms with Gasteiger partial charge in [0.1, 0.15) is 5.75 Å². The molecule has 0 fully saturated rings. The fourth-order valence-electron chi connectivity index (χ4n) is 4.20. The summed E-state index contributed by atoms with van der Waals surface area (Å²) in [6, 6.07) is 21.6. The number of hydrogen-bond acceptors (Lipinski definition) is 3. The van der Waals surface area contributed by atoms with E-state index in [9.17, 15) is 9.90 Å². The molecule has 0 saturated carbocycles. The number of phenols is 1. The van der Waals surface area contributed by atoms with E-state index in [1.807, 2.05) is 68.4 Å². The van der Waals surface area contributed by atoms with Crippen LogP contribution in [0.15, 0.2) is 71.5 Å². The molecule has 0 radical (unpaired) electrons. The van der Waals surface area contributed by atoms with Gasteiger partial charge in [-0.2, -0.15) is 0 Å². The number of aromatic hydroxyl groups is 1. The quantitative estimate of drug-likeness (QED) is 0.226. The van der Waals surface area contributed by atoms with Crippen LogP contribution in [-0.4, -0.2) is 5.11 Å². The zero-order valence-corrected chi connectivity index (χ0v) is 16.4. The van der Waals surface area contributed by atoms with E-state index in [2.05, 4.69) is 12.1 Å². The maximum Gasteiger partial charge on any atom is 0.194 e. The van der Waals surface area contributed by atoms with Crippen LogP contribution in [0.25, 0.3) is 52.5 Å². The third-order valence-electron chi connectivity index (χ3n) is 5.31. The first-order valence-electron chi connectivity index (χ1n) is 9.48. The van der Waals surface area contributed by atoms with Gasteiger partial charge in [0.25, 0.3) is 0 Å². The molecule has 0 amide bonds. The predicted octanol–water partition coefficient (Wildman–Crippen LogP) is 7.04. The molecule has 1 N–H and O–H groups in total. The number of benzene rings is 5. The minimum absolute atomic E-state index is 0.0557. The maximum atomic E-state index is 13.1. The summed E-state index contributed by atoms with van der Waals surface area (Å²) >= 11 is 1.57. The SMILES string of the molecule is CC.O=c1c2ccccc2c2cc(O)c3sc4ccccc4c4ccc1c2c34. The second-order valence-corrected chi connectivity index (χ2v) is 7.71. The standard InChI is InChI=1S/C23H12O2S.C2H6/c24-18-11-17-12-5-1-2-7-15(12)22(25)16-10-9-14-13-6-3-4-8-19(13)26-23(18)21(14)20(16)17;1-2/h1-11,24H;1-2H3. The molecular weight excluding hydrogens is 364 g/mol. The first kappa shape index (κ1) is 17.0. The molecule has 0 aliphatic heterocycles. The Morgan fingerprint density at radius 1 is 0.679 bits per heavy atom. The molecule has 6 aromatic rings. The van der Waals surface area contributed by atoms with Crippen LogP contribution in [0.2, 0.25) is 0 Å². The Labute approximate surface area is 165 Å². The topological polar surface area (TPSA) is 37.3 Å². The third-order valence-corrected chi connectivity index (χ3v) is 6.50. The minimum atomic E-state index is 0.0557. The largest absolute Gasteiger partial charge is 0.506 e. The lowest BCUT2D eigenvalue weighted by Gasteiger charge is -2.15. The number of hydrogen-bond donors (Lipinski definition) is 1. The van der Waals surface area contributed by atoms with Crippen molar-refractivity contribution in [3.05, 3.63) is 77.0 Å². The van der Waals surface area contributed by atoms with E-state index in [0.29, 0.717) is 5.39 Å². The van der Waals surface area contributed by atoms with Crippen molar-refractivity contribution in [3.8, 4) is 5.75 Å². The van der Waals surface area contributed by atoms with Crippen LogP contribution >= 0.6 is 11.3 Å². The van der Waals surface area contributed by atoms with Crippen LogP contribution < -0.4 is 5.43 Å². The van der Waals surface area contributed by atoms with Crippen molar-refractivity contribution in [2.24, 2.45) is 0 Å². The molecule has 1 aromatic heterocycles. The lowest BCUT2D eigenvalue weighted by Crippen LogP contribution is -2.03. The summed E-state index contributed by atoms with van der Waals surface area (Å²) < 4.78 is 1.97. The molecule has 6 rings (SSSR count). The highest BCUT2D eigenvalue weighted by atomic mass is 32.1. The Kier molecular flexibility index (Phi) is 3.74. The van der Waals surface area contributed by atoms with Crippen molar-refractivity contribution >= 4 is 63.8 Å². The Morgan fingerprint density at radius 3 is 2.11 bits per heavy atom. The number of fused-ring (bicyclic) bond motifs is 4. The van der Waals surface area contributed by atoms with Crippen LogP contribution in [0.3, 0.4) is 0 Å². The molecule has 0 bridgehead atoms. The van der Waals surface area contributed by atoms with Crippen LogP contribution in [0.4, 0.5) is 0 Å². The highest BCUT2D eigenvalue weighted by molar-refractivity contribution is 7.25. The van der Waals surface area contributed by atoms with Crippen LogP contribution in [0.5, 0.6) is 5.75 Å². The van der Waals surface area contributed by atoms with Gasteiger partial charge in [0, 0.05) is 26.2 Å². The summed E-state index contributed by atoms with van der Waals surface area (Å²) in [5, 5.41) is 18.2. The van der Waals surface area contributed by atoms with E-state index in [0.717, 1.165) is 47.1 Å². The second kappa shape index (κ2) is 6.18. The molecule has 5 aromatic carbocycles. The van der Waals surface area contributed by atoms with Gasteiger partial charge in [-0.05, 0) is 39.7 Å². The van der Waals surface area contributed by atoms with E-state index < -0.39 is 0 Å². The molecule has 2 nitrogen and oxygen atoms in total. The number of rotatable bonds is 0. The van der Waals surface area contributed by atoms with Crippen molar-refractivity contribution in [1.29, 1.82) is 0 Å². The normalized spacial score (nSPS) is 11.5. The van der Waals surface area contributed by atoms with Crippen molar-refractivity contribution < 1.29 is 5.11 Å². The molecule has 0 aliphatic rings. The third kappa shape index (κ3) is 2.11. The van der Waals surface area contributed by atoms with Gasteiger partial charge in [0.15, 0.2) is 5.43 Å². The van der Waals surface area contributed by atoms with Crippen molar-refractivity contribution in [2.75, 3.05) is 0 Å². The highest BCUT2D eigenvalue weighted by Gasteiger charge is 2.18. The lowest BCUT2D eigenvalue weighted by molar-refractivity contribution is 0.483. The van der Waals surface area contributed by atoms with Crippen LogP contribution in [-0.2, 0) is 0 Å². The van der Waals surface area contributed by atoms with Gasteiger partial charge in [0.05, 0.1) is 4.70 Å². The molecular formula is C25H18O2S.